The van der Waals surface area contributed by atoms with Gasteiger partial charge >= 0.3 is 0 Å². The predicted molar refractivity (Wildman–Crippen MR) is 121 cm³/mol. The molecule has 3 aromatic carbocycles. The van der Waals surface area contributed by atoms with E-state index in [0.29, 0.717) is 27.2 Å². The Morgan fingerprint density at radius 2 is 1.77 bits per heavy atom. The molecule has 4 aromatic rings. The van der Waals surface area contributed by atoms with Gasteiger partial charge in [0.05, 0.1) is 5.69 Å². The number of halogens is 2. The molecule has 0 fully saturated rings. The van der Waals surface area contributed by atoms with Crippen LogP contribution in [0.2, 0.25) is 10.0 Å². The number of nitrogens with one attached hydrogen (secondary N) is 1. The number of carbonyl (C=O) groups excluding carboxylic acids is 1. The number of aromatic nitrogens is 3. The number of hydrogen-bond acceptors (Lipinski definition) is 3. The summed E-state index contributed by atoms with van der Waals surface area (Å²) in [6.45, 7) is 3.88. The first-order valence-corrected chi connectivity index (χ1v) is 10.0. The van der Waals surface area contributed by atoms with Gasteiger partial charge in [-0.3, -0.25) is 4.79 Å². The van der Waals surface area contributed by atoms with Crippen LogP contribution in [0.1, 0.15) is 21.7 Å². The molecular formula is C23H18Cl2N4O. The van der Waals surface area contributed by atoms with Crippen LogP contribution in [0.3, 0.4) is 0 Å². The molecule has 0 unspecified atom stereocenters. The maximum absolute atomic E-state index is 12.8. The van der Waals surface area contributed by atoms with Crippen molar-refractivity contribution in [1.29, 1.82) is 0 Å². The van der Waals surface area contributed by atoms with Crippen LogP contribution in [0.25, 0.3) is 17.1 Å². The van der Waals surface area contributed by atoms with Crippen molar-refractivity contribution in [3.8, 4) is 17.1 Å². The molecule has 1 N–H and O–H groups in total. The molecule has 4 rings (SSSR count). The predicted octanol–water partition coefficient (Wildman–Crippen LogP) is 6.11. The van der Waals surface area contributed by atoms with E-state index >= 15 is 0 Å². The summed E-state index contributed by atoms with van der Waals surface area (Å²) in [5, 5.41) is 8.48. The highest BCUT2D eigenvalue weighted by Crippen LogP contribution is 2.26. The van der Waals surface area contributed by atoms with Crippen LogP contribution in [-0.4, -0.2) is 20.7 Å². The SMILES string of the molecule is Cc1cccc(NC(=O)c2nc(-c3cccc(Cl)c3)n(-c3ccc(C)c(Cl)c3)n2)c1. The van der Waals surface area contributed by atoms with Gasteiger partial charge in [0.25, 0.3) is 5.91 Å². The van der Waals surface area contributed by atoms with E-state index in [2.05, 4.69) is 15.4 Å². The first-order chi connectivity index (χ1) is 14.4. The molecule has 7 heteroatoms. The molecule has 0 aliphatic rings. The normalized spacial score (nSPS) is 10.8. The first kappa shape index (κ1) is 20.1. The monoisotopic (exact) mass is 436 g/mol. The second-order valence-corrected chi connectivity index (χ2v) is 7.78. The molecule has 0 saturated heterocycles. The molecule has 0 aliphatic carbocycles. The van der Waals surface area contributed by atoms with E-state index in [-0.39, 0.29) is 5.82 Å². The molecule has 150 valence electrons. The average molecular weight is 437 g/mol. The van der Waals surface area contributed by atoms with E-state index in [9.17, 15) is 4.79 Å². The van der Waals surface area contributed by atoms with Crippen LogP contribution < -0.4 is 5.32 Å². The molecule has 0 aliphatic heterocycles. The molecule has 0 saturated carbocycles. The summed E-state index contributed by atoms with van der Waals surface area (Å²) in [7, 11) is 0. The summed E-state index contributed by atoms with van der Waals surface area (Å²) in [6.07, 6.45) is 0. The molecule has 1 heterocycles. The molecule has 0 atom stereocenters. The number of nitrogens with zero attached hydrogens (tertiary/aromatic N) is 3. The second kappa shape index (κ2) is 8.30. The van der Waals surface area contributed by atoms with Crippen LogP contribution in [0.15, 0.2) is 66.7 Å². The van der Waals surface area contributed by atoms with Crippen LogP contribution in [0.4, 0.5) is 5.69 Å². The van der Waals surface area contributed by atoms with E-state index in [0.717, 1.165) is 16.7 Å². The Hall–Kier alpha value is -3.15. The van der Waals surface area contributed by atoms with Crippen molar-refractivity contribution < 1.29 is 4.79 Å². The average Bonchev–Trinajstić information content (AvgIpc) is 3.16. The van der Waals surface area contributed by atoms with Gasteiger partial charge in [-0.15, -0.1) is 5.10 Å². The minimum absolute atomic E-state index is 0.0446. The molecule has 0 radical (unpaired) electrons. The number of hydrogen-bond donors (Lipinski definition) is 1. The third-order valence-electron chi connectivity index (χ3n) is 4.57. The Labute approximate surface area is 184 Å². The van der Waals surface area contributed by atoms with Crippen molar-refractivity contribution in [1.82, 2.24) is 14.8 Å². The standard InChI is InChI=1S/C23H18Cl2N4O/c1-14-5-3-8-18(11-14)26-23(30)21-27-22(16-6-4-7-17(24)12-16)29(28-21)19-10-9-15(2)20(25)13-19/h3-13H,1-2H3,(H,26,30). The molecule has 5 nitrogen and oxygen atoms in total. The van der Waals surface area contributed by atoms with Gasteiger partial charge in [0, 0.05) is 21.3 Å². The molecular weight excluding hydrogens is 419 g/mol. The Morgan fingerprint density at radius 3 is 2.50 bits per heavy atom. The van der Waals surface area contributed by atoms with E-state index in [1.165, 1.54) is 0 Å². The fourth-order valence-corrected chi connectivity index (χ4v) is 3.39. The zero-order valence-electron chi connectivity index (χ0n) is 16.4. The fraction of sp³-hybridized carbons (Fsp3) is 0.0870. The van der Waals surface area contributed by atoms with Crippen molar-refractivity contribution in [3.05, 3.63) is 93.7 Å². The smallest absolute Gasteiger partial charge is 0.295 e. The molecule has 1 aromatic heterocycles. The van der Waals surface area contributed by atoms with E-state index in [1.807, 2.05) is 62.4 Å². The van der Waals surface area contributed by atoms with E-state index < -0.39 is 5.91 Å². The fourth-order valence-electron chi connectivity index (χ4n) is 3.03. The number of carbonyl (C=O) groups is 1. The zero-order valence-corrected chi connectivity index (χ0v) is 17.9. The van der Waals surface area contributed by atoms with Gasteiger partial charge in [-0.2, -0.15) is 0 Å². The van der Waals surface area contributed by atoms with E-state index in [4.69, 9.17) is 23.2 Å². The van der Waals surface area contributed by atoms with Crippen LogP contribution in [0.5, 0.6) is 0 Å². The third kappa shape index (κ3) is 4.22. The van der Waals surface area contributed by atoms with E-state index in [1.54, 1.807) is 22.9 Å². The first-order valence-electron chi connectivity index (χ1n) is 9.28. The highest BCUT2D eigenvalue weighted by molar-refractivity contribution is 6.31. The lowest BCUT2D eigenvalue weighted by Crippen LogP contribution is -2.14. The van der Waals surface area contributed by atoms with Crippen LogP contribution >= 0.6 is 23.2 Å². The van der Waals surface area contributed by atoms with Crippen molar-refractivity contribution in [3.63, 3.8) is 0 Å². The summed E-state index contributed by atoms with van der Waals surface area (Å²) >= 11 is 12.5. The summed E-state index contributed by atoms with van der Waals surface area (Å²) in [4.78, 5) is 17.3. The van der Waals surface area contributed by atoms with Crippen LogP contribution in [-0.2, 0) is 0 Å². The number of aryl methyl sites for hydroxylation is 2. The van der Waals surface area contributed by atoms with Crippen molar-refractivity contribution >= 4 is 34.8 Å². The highest BCUT2D eigenvalue weighted by Gasteiger charge is 2.19. The van der Waals surface area contributed by atoms with Crippen LogP contribution in [0, 0.1) is 13.8 Å². The summed E-state index contributed by atoms with van der Waals surface area (Å²) in [5.41, 5.74) is 4.10. The van der Waals surface area contributed by atoms with Crippen molar-refractivity contribution in [2.75, 3.05) is 5.32 Å². The third-order valence-corrected chi connectivity index (χ3v) is 5.21. The van der Waals surface area contributed by atoms with Gasteiger partial charge < -0.3 is 5.32 Å². The number of anilines is 1. The minimum atomic E-state index is -0.402. The lowest BCUT2D eigenvalue weighted by atomic mass is 10.2. The Balaban J connectivity index is 1.79. The summed E-state index contributed by atoms with van der Waals surface area (Å²) in [6, 6.07) is 20.4. The Morgan fingerprint density at radius 1 is 0.967 bits per heavy atom. The maximum Gasteiger partial charge on any atom is 0.295 e. The lowest BCUT2D eigenvalue weighted by Gasteiger charge is -2.08. The molecule has 1 amide bonds. The Bertz CT molecular complexity index is 1250. The highest BCUT2D eigenvalue weighted by atomic mass is 35.5. The number of amides is 1. The summed E-state index contributed by atoms with van der Waals surface area (Å²) in [5.74, 6) is 0.135. The maximum atomic E-state index is 12.8. The Kier molecular flexibility index (Phi) is 5.57. The molecule has 0 spiro atoms. The topological polar surface area (TPSA) is 59.8 Å². The molecule has 0 bridgehead atoms. The largest absolute Gasteiger partial charge is 0.319 e. The van der Waals surface area contributed by atoms with Gasteiger partial charge in [0.1, 0.15) is 0 Å². The molecule has 30 heavy (non-hydrogen) atoms. The van der Waals surface area contributed by atoms with Gasteiger partial charge in [-0.25, -0.2) is 9.67 Å². The number of benzene rings is 3. The minimum Gasteiger partial charge on any atom is -0.319 e. The lowest BCUT2D eigenvalue weighted by molar-refractivity contribution is 0.101. The quantitative estimate of drug-likeness (QED) is 0.419. The van der Waals surface area contributed by atoms with Gasteiger partial charge in [-0.05, 0) is 61.4 Å². The zero-order chi connectivity index (χ0) is 21.3. The van der Waals surface area contributed by atoms with Gasteiger partial charge in [0.15, 0.2) is 5.82 Å². The van der Waals surface area contributed by atoms with Gasteiger partial charge in [0.2, 0.25) is 5.82 Å². The van der Waals surface area contributed by atoms with Crippen molar-refractivity contribution in [2.24, 2.45) is 0 Å². The van der Waals surface area contributed by atoms with Gasteiger partial charge in [-0.1, -0.05) is 53.5 Å². The summed E-state index contributed by atoms with van der Waals surface area (Å²) < 4.78 is 1.60. The van der Waals surface area contributed by atoms with Crippen molar-refractivity contribution in [2.45, 2.75) is 13.8 Å². The number of rotatable bonds is 4. The second-order valence-electron chi connectivity index (χ2n) is 6.94.